The van der Waals surface area contributed by atoms with Crippen LogP contribution in [-0.4, -0.2) is 34.4 Å². The highest BCUT2D eigenvalue weighted by Gasteiger charge is 2.32. The molecule has 0 unspecified atom stereocenters. The normalized spacial score (nSPS) is 18.7. The van der Waals surface area contributed by atoms with Crippen molar-refractivity contribution in [1.29, 1.82) is 0 Å². The molecule has 0 saturated carbocycles. The van der Waals surface area contributed by atoms with Crippen molar-refractivity contribution >= 4 is 5.95 Å². The monoisotopic (exact) mass is 355 g/mol. The van der Waals surface area contributed by atoms with Gasteiger partial charge in [-0.25, -0.2) is 9.07 Å². The van der Waals surface area contributed by atoms with Gasteiger partial charge >= 0.3 is 0 Å². The highest BCUT2D eigenvalue weighted by molar-refractivity contribution is 5.45. The molecular formula is C18H18FN5O2. The number of anilines is 1. The minimum atomic E-state index is -0.264. The van der Waals surface area contributed by atoms with E-state index in [0.29, 0.717) is 12.4 Å². The number of nitrogens with zero attached hydrogens (tertiary/aromatic N) is 4. The molecule has 8 heteroatoms. The molecule has 0 saturated heterocycles. The van der Waals surface area contributed by atoms with Gasteiger partial charge in [-0.2, -0.15) is 0 Å². The van der Waals surface area contributed by atoms with Crippen molar-refractivity contribution in [3.05, 3.63) is 59.4 Å². The molecule has 2 atom stereocenters. The lowest BCUT2D eigenvalue weighted by Crippen LogP contribution is -2.28. The van der Waals surface area contributed by atoms with Crippen LogP contribution in [-0.2, 0) is 0 Å². The van der Waals surface area contributed by atoms with Gasteiger partial charge in [0.15, 0.2) is 0 Å². The summed E-state index contributed by atoms with van der Waals surface area (Å²) in [5.74, 6) is 1.75. The van der Waals surface area contributed by atoms with Gasteiger partial charge in [-0.15, -0.1) is 0 Å². The van der Waals surface area contributed by atoms with E-state index in [1.807, 2.05) is 18.2 Å². The van der Waals surface area contributed by atoms with Crippen LogP contribution in [0.1, 0.15) is 29.6 Å². The Bertz CT molecular complexity index is 912. The average Bonchev–Trinajstić information content (AvgIpc) is 3.16. The molecule has 0 radical (unpaired) electrons. The SMILES string of the molecule is COc1ccc(OC)c([C@H]2C[C@H](c3ccc(F)cc3)Nc3nnnn32)c1. The molecule has 0 fully saturated rings. The number of hydrogen-bond acceptors (Lipinski definition) is 6. The van der Waals surface area contributed by atoms with Crippen LogP contribution in [0.3, 0.4) is 0 Å². The molecule has 0 amide bonds. The maximum Gasteiger partial charge on any atom is 0.243 e. The summed E-state index contributed by atoms with van der Waals surface area (Å²) < 4.78 is 25.9. The predicted octanol–water partition coefficient (Wildman–Crippen LogP) is 2.98. The number of nitrogens with one attached hydrogen (secondary N) is 1. The van der Waals surface area contributed by atoms with E-state index < -0.39 is 0 Å². The first kappa shape index (κ1) is 16.3. The standard InChI is InChI=1S/C18H18FN5O2/c1-25-13-7-8-17(26-2)14(9-13)16-10-15(11-3-5-12(19)6-4-11)20-18-21-22-23-24(16)18/h3-9,15-16H,10H2,1-2H3,(H,20,21,23)/t15-,16-/m1/s1. The molecule has 0 spiro atoms. The van der Waals surface area contributed by atoms with Gasteiger partial charge in [0.2, 0.25) is 5.95 Å². The van der Waals surface area contributed by atoms with Gasteiger partial charge in [-0.1, -0.05) is 17.2 Å². The number of benzene rings is 2. The summed E-state index contributed by atoms with van der Waals surface area (Å²) in [4.78, 5) is 0. The molecule has 7 nitrogen and oxygen atoms in total. The number of aromatic nitrogens is 4. The Balaban J connectivity index is 1.77. The van der Waals surface area contributed by atoms with Crippen LogP contribution in [0.2, 0.25) is 0 Å². The number of halogens is 1. The van der Waals surface area contributed by atoms with Gasteiger partial charge in [-0.3, -0.25) is 0 Å². The lowest BCUT2D eigenvalue weighted by Gasteiger charge is -2.31. The largest absolute Gasteiger partial charge is 0.497 e. The van der Waals surface area contributed by atoms with Crippen molar-refractivity contribution in [3.63, 3.8) is 0 Å². The highest BCUT2D eigenvalue weighted by atomic mass is 19.1. The van der Waals surface area contributed by atoms with Crippen LogP contribution in [0, 0.1) is 5.82 Å². The van der Waals surface area contributed by atoms with Crippen molar-refractivity contribution in [2.24, 2.45) is 0 Å². The summed E-state index contributed by atoms with van der Waals surface area (Å²) in [6.45, 7) is 0. The maximum absolute atomic E-state index is 13.3. The van der Waals surface area contributed by atoms with E-state index in [0.717, 1.165) is 22.6 Å². The maximum atomic E-state index is 13.3. The molecule has 134 valence electrons. The summed E-state index contributed by atoms with van der Waals surface area (Å²) in [6.07, 6.45) is 0.674. The zero-order valence-electron chi connectivity index (χ0n) is 14.4. The lowest BCUT2D eigenvalue weighted by molar-refractivity contribution is 0.371. The minimum absolute atomic E-state index is 0.0602. The molecule has 3 aromatic rings. The van der Waals surface area contributed by atoms with Crippen LogP contribution in [0.4, 0.5) is 10.3 Å². The quantitative estimate of drug-likeness (QED) is 0.776. The first-order chi connectivity index (χ1) is 12.7. The molecule has 2 heterocycles. The third-order valence-electron chi connectivity index (χ3n) is 4.62. The predicted molar refractivity (Wildman–Crippen MR) is 92.9 cm³/mol. The van der Waals surface area contributed by atoms with Crippen molar-refractivity contribution in [2.45, 2.75) is 18.5 Å². The smallest absolute Gasteiger partial charge is 0.243 e. The third kappa shape index (κ3) is 2.83. The zero-order valence-corrected chi connectivity index (χ0v) is 14.4. The molecule has 1 aromatic heterocycles. The van der Waals surface area contributed by atoms with Crippen molar-refractivity contribution in [1.82, 2.24) is 20.2 Å². The molecule has 1 N–H and O–H groups in total. The first-order valence-corrected chi connectivity index (χ1v) is 8.21. The van der Waals surface area contributed by atoms with E-state index in [1.54, 1.807) is 31.0 Å². The topological polar surface area (TPSA) is 74.1 Å². The van der Waals surface area contributed by atoms with E-state index in [2.05, 4.69) is 20.8 Å². The summed E-state index contributed by atoms with van der Waals surface area (Å²) in [5.41, 5.74) is 1.89. The van der Waals surface area contributed by atoms with Gasteiger partial charge < -0.3 is 14.8 Å². The zero-order chi connectivity index (χ0) is 18.1. The van der Waals surface area contributed by atoms with Crippen LogP contribution in [0.15, 0.2) is 42.5 Å². The van der Waals surface area contributed by atoms with Crippen molar-refractivity contribution < 1.29 is 13.9 Å². The molecular weight excluding hydrogens is 337 g/mol. The summed E-state index contributed by atoms with van der Waals surface area (Å²) in [6, 6.07) is 11.9. The molecule has 0 bridgehead atoms. The Kier molecular flexibility index (Phi) is 4.16. The van der Waals surface area contributed by atoms with Gasteiger partial charge in [0.05, 0.1) is 26.3 Å². The van der Waals surface area contributed by atoms with Gasteiger partial charge in [0.25, 0.3) is 0 Å². The molecule has 1 aliphatic heterocycles. The fourth-order valence-electron chi connectivity index (χ4n) is 3.31. The lowest BCUT2D eigenvalue weighted by atomic mass is 9.92. The van der Waals surface area contributed by atoms with Crippen LogP contribution < -0.4 is 14.8 Å². The Morgan fingerprint density at radius 3 is 2.65 bits per heavy atom. The molecule has 4 rings (SSSR count). The number of fused-ring (bicyclic) bond motifs is 1. The molecule has 2 aromatic carbocycles. The second-order valence-electron chi connectivity index (χ2n) is 6.05. The number of rotatable bonds is 4. The summed E-state index contributed by atoms with van der Waals surface area (Å²) >= 11 is 0. The molecule has 1 aliphatic rings. The van der Waals surface area contributed by atoms with Crippen molar-refractivity contribution in [2.75, 3.05) is 19.5 Å². The minimum Gasteiger partial charge on any atom is -0.497 e. The van der Waals surface area contributed by atoms with E-state index in [9.17, 15) is 4.39 Å². The van der Waals surface area contributed by atoms with E-state index in [-0.39, 0.29) is 17.9 Å². The van der Waals surface area contributed by atoms with Gasteiger partial charge in [0, 0.05) is 5.56 Å². The van der Waals surface area contributed by atoms with Crippen LogP contribution in [0.5, 0.6) is 11.5 Å². The Morgan fingerprint density at radius 2 is 1.92 bits per heavy atom. The first-order valence-electron chi connectivity index (χ1n) is 8.21. The Hall–Kier alpha value is -3.16. The van der Waals surface area contributed by atoms with E-state index >= 15 is 0 Å². The fourth-order valence-corrected chi connectivity index (χ4v) is 3.31. The molecule has 0 aliphatic carbocycles. The Labute approximate surface area is 149 Å². The third-order valence-corrected chi connectivity index (χ3v) is 4.62. The fraction of sp³-hybridized carbons (Fsp3) is 0.278. The number of tetrazole rings is 1. The van der Waals surface area contributed by atoms with Gasteiger partial charge in [0.1, 0.15) is 17.3 Å². The average molecular weight is 355 g/mol. The Morgan fingerprint density at radius 1 is 1.12 bits per heavy atom. The van der Waals surface area contributed by atoms with Gasteiger partial charge in [-0.05, 0) is 52.7 Å². The highest BCUT2D eigenvalue weighted by Crippen LogP contribution is 2.41. The second kappa shape index (κ2) is 6.62. The van der Waals surface area contributed by atoms with Crippen molar-refractivity contribution in [3.8, 4) is 11.5 Å². The second-order valence-corrected chi connectivity index (χ2v) is 6.05. The summed E-state index contributed by atoms with van der Waals surface area (Å²) in [7, 11) is 3.25. The van der Waals surface area contributed by atoms with E-state index in [4.69, 9.17) is 9.47 Å². The van der Waals surface area contributed by atoms with E-state index in [1.165, 1.54) is 12.1 Å². The number of hydrogen-bond donors (Lipinski definition) is 1. The van der Waals surface area contributed by atoms with Crippen LogP contribution >= 0.6 is 0 Å². The number of ether oxygens (including phenoxy) is 2. The number of methoxy groups -OCH3 is 2. The summed E-state index contributed by atoms with van der Waals surface area (Å²) in [5, 5.41) is 15.3. The molecule has 26 heavy (non-hydrogen) atoms. The van der Waals surface area contributed by atoms with Crippen LogP contribution in [0.25, 0.3) is 0 Å².